The number of likely N-dealkylation sites (tertiary alicyclic amines) is 1. The van der Waals surface area contributed by atoms with Crippen LogP contribution in [-0.2, 0) is 4.79 Å². The van der Waals surface area contributed by atoms with Crippen molar-refractivity contribution in [3.8, 4) is 6.07 Å². The van der Waals surface area contributed by atoms with E-state index in [0.717, 1.165) is 56.7 Å². The highest BCUT2D eigenvalue weighted by Crippen LogP contribution is 2.40. The SMILES string of the molecule is N#Cc1ccc2c(c1)N(CCN1CCC(N)CC1)C(=O)CN2C1CC1. The van der Waals surface area contributed by atoms with E-state index in [0.29, 0.717) is 30.7 Å². The molecular formula is C19H25N5O. The fraction of sp³-hybridized carbons (Fsp3) is 0.579. The molecule has 25 heavy (non-hydrogen) atoms. The predicted octanol–water partition coefficient (Wildman–Crippen LogP) is 1.30. The number of fused-ring (bicyclic) bond motifs is 1. The number of nitrogens with zero attached hydrogens (tertiary/aromatic N) is 4. The highest BCUT2D eigenvalue weighted by atomic mass is 16.2. The quantitative estimate of drug-likeness (QED) is 0.895. The van der Waals surface area contributed by atoms with Gasteiger partial charge in [-0.3, -0.25) is 4.79 Å². The second-order valence-corrected chi connectivity index (χ2v) is 7.40. The zero-order valence-corrected chi connectivity index (χ0v) is 14.5. The first kappa shape index (κ1) is 16.4. The summed E-state index contributed by atoms with van der Waals surface area (Å²) in [5.74, 6) is 0.142. The van der Waals surface area contributed by atoms with Crippen molar-refractivity contribution in [1.82, 2.24) is 4.90 Å². The van der Waals surface area contributed by atoms with Gasteiger partial charge in [-0.25, -0.2) is 0 Å². The first-order chi connectivity index (χ1) is 12.2. The molecule has 2 heterocycles. The number of hydrogen-bond acceptors (Lipinski definition) is 5. The standard InChI is InChI=1S/C19H25N5O/c20-12-14-1-4-17-18(11-14)23(19(25)13-24(17)16-2-3-16)10-9-22-7-5-15(21)6-8-22/h1,4,11,15-16H,2-3,5-10,13,21H2. The van der Waals surface area contributed by atoms with E-state index in [1.165, 1.54) is 0 Å². The molecule has 6 nitrogen and oxygen atoms in total. The highest BCUT2D eigenvalue weighted by molar-refractivity contribution is 6.03. The molecule has 132 valence electrons. The number of rotatable bonds is 4. The number of benzene rings is 1. The van der Waals surface area contributed by atoms with Gasteiger partial charge in [-0.15, -0.1) is 0 Å². The Hall–Kier alpha value is -2.10. The molecule has 3 aliphatic rings. The van der Waals surface area contributed by atoms with E-state index in [4.69, 9.17) is 5.73 Å². The number of nitrogens with two attached hydrogens (primary N) is 1. The lowest BCUT2D eigenvalue weighted by molar-refractivity contribution is -0.117. The minimum Gasteiger partial charge on any atom is -0.358 e. The second-order valence-electron chi connectivity index (χ2n) is 7.40. The Kier molecular flexibility index (Phi) is 4.36. The van der Waals surface area contributed by atoms with Crippen LogP contribution in [0.25, 0.3) is 0 Å². The van der Waals surface area contributed by atoms with Gasteiger partial charge in [0.05, 0.1) is 29.6 Å². The van der Waals surface area contributed by atoms with E-state index in [2.05, 4.69) is 15.9 Å². The molecule has 1 aromatic rings. The summed E-state index contributed by atoms with van der Waals surface area (Å²) in [4.78, 5) is 19.3. The van der Waals surface area contributed by atoms with Crippen LogP contribution in [0, 0.1) is 11.3 Å². The van der Waals surface area contributed by atoms with Gasteiger partial charge in [-0.1, -0.05) is 0 Å². The summed E-state index contributed by atoms with van der Waals surface area (Å²) in [7, 11) is 0. The van der Waals surface area contributed by atoms with Crippen molar-refractivity contribution < 1.29 is 4.79 Å². The van der Waals surface area contributed by atoms with Crippen LogP contribution in [0.3, 0.4) is 0 Å². The minimum atomic E-state index is 0.142. The first-order valence-electron chi connectivity index (χ1n) is 9.25. The lowest BCUT2D eigenvalue weighted by atomic mass is 10.1. The monoisotopic (exact) mass is 339 g/mol. The third-order valence-corrected chi connectivity index (χ3v) is 5.57. The largest absolute Gasteiger partial charge is 0.358 e. The van der Waals surface area contributed by atoms with Crippen LogP contribution < -0.4 is 15.5 Å². The van der Waals surface area contributed by atoms with Crippen molar-refractivity contribution in [2.24, 2.45) is 5.73 Å². The Morgan fingerprint density at radius 1 is 1.12 bits per heavy atom. The number of piperidine rings is 1. The highest BCUT2D eigenvalue weighted by Gasteiger charge is 2.37. The van der Waals surface area contributed by atoms with Gasteiger partial charge >= 0.3 is 0 Å². The Morgan fingerprint density at radius 2 is 1.88 bits per heavy atom. The average Bonchev–Trinajstić information content (AvgIpc) is 3.46. The Labute approximate surface area is 148 Å². The van der Waals surface area contributed by atoms with Crippen LogP contribution >= 0.6 is 0 Å². The molecule has 1 aromatic carbocycles. The third kappa shape index (κ3) is 3.35. The molecular weight excluding hydrogens is 314 g/mol. The van der Waals surface area contributed by atoms with Gasteiger partial charge in [0.25, 0.3) is 0 Å². The summed E-state index contributed by atoms with van der Waals surface area (Å²) < 4.78 is 0. The molecule has 1 saturated carbocycles. The van der Waals surface area contributed by atoms with Crippen molar-refractivity contribution >= 4 is 17.3 Å². The summed E-state index contributed by atoms with van der Waals surface area (Å²) in [6.45, 7) is 3.99. The Balaban J connectivity index is 1.54. The van der Waals surface area contributed by atoms with Gasteiger partial charge in [-0.05, 0) is 57.0 Å². The van der Waals surface area contributed by atoms with Crippen LogP contribution in [-0.4, -0.2) is 55.6 Å². The van der Waals surface area contributed by atoms with Gasteiger partial charge in [0.2, 0.25) is 5.91 Å². The van der Waals surface area contributed by atoms with Crippen LogP contribution in [0.1, 0.15) is 31.2 Å². The lowest BCUT2D eigenvalue weighted by Gasteiger charge is -2.39. The van der Waals surface area contributed by atoms with E-state index in [1.807, 2.05) is 23.1 Å². The average molecular weight is 339 g/mol. The van der Waals surface area contributed by atoms with Crippen molar-refractivity contribution in [3.05, 3.63) is 23.8 Å². The number of hydrogen-bond donors (Lipinski definition) is 1. The molecule has 1 saturated heterocycles. The van der Waals surface area contributed by atoms with Crippen LogP contribution in [0.4, 0.5) is 11.4 Å². The van der Waals surface area contributed by atoms with Gasteiger partial charge in [-0.2, -0.15) is 5.26 Å². The smallest absolute Gasteiger partial charge is 0.246 e. The maximum atomic E-state index is 12.8. The molecule has 4 rings (SSSR count). The molecule has 6 heteroatoms. The number of anilines is 2. The molecule has 2 N–H and O–H groups in total. The summed E-state index contributed by atoms with van der Waals surface area (Å²) in [6.07, 6.45) is 4.36. The molecule has 0 unspecified atom stereocenters. The summed E-state index contributed by atoms with van der Waals surface area (Å²) in [5, 5.41) is 9.25. The molecule has 1 amide bonds. The molecule has 1 aliphatic carbocycles. The van der Waals surface area contributed by atoms with Crippen molar-refractivity contribution in [2.45, 2.75) is 37.8 Å². The zero-order chi connectivity index (χ0) is 17.4. The second kappa shape index (κ2) is 6.66. The van der Waals surface area contributed by atoms with E-state index >= 15 is 0 Å². The van der Waals surface area contributed by atoms with E-state index in [9.17, 15) is 10.1 Å². The number of amides is 1. The number of carbonyl (C=O) groups excluding carboxylic acids is 1. The minimum absolute atomic E-state index is 0.142. The van der Waals surface area contributed by atoms with E-state index < -0.39 is 0 Å². The van der Waals surface area contributed by atoms with Crippen molar-refractivity contribution in [3.63, 3.8) is 0 Å². The first-order valence-corrected chi connectivity index (χ1v) is 9.25. The number of nitriles is 1. The molecule has 2 fully saturated rings. The predicted molar refractivity (Wildman–Crippen MR) is 97.5 cm³/mol. The Bertz CT molecular complexity index is 700. The third-order valence-electron chi connectivity index (χ3n) is 5.57. The van der Waals surface area contributed by atoms with Gasteiger partial charge in [0, 0.05) is 25.2 Å². The van der Waals surface area contributed by atoms with Crippen LogP contribution in [0.15, 0.2) is 18.2 Å². The van der Waals surface area contributed by atoms with Crippen LogP contribution in [0.5, 0.6) is 0 Å². The van der Waals surface area contributed by atoms with Crippen molar-refractivity contribution in [2.75, 3.05) is 42.5 Å². The lowest BCUT2D eigenvalue weighted by Crippen LogP contribution is -2.50. The molecule has 0 atom stereocenters. The van der Waals surface area contributed by atoms with Crippen LogP contribution in [0.2, 0.25) is 0 Å². The topological polar surface area (TPSA) is 76.6 Å². The van der Waals surface area contributed by atoms with Gasteiger partial charge < -0.3 is 20.4 Å². The maximum absolute atomic E-state index is 12.8. The van der Waals surface area contributed by atoms with Gasteiger partial charge in [0.1, 0.15) is 0 Å². The molecule has 0 spiro atoms. The zero-order valence-electron chi connectivity index (χ0n) is 14.5. The molecule has 0 aromatic heterocycles. The number of carbonyl (C=O) groups is 1. The summed E-state index contributed by atoms with van der Waals surface area (Å²) >= 11 is 0. The summed E-state index contributed by atoms with van der Waals surface area (Å²) in [5.41, 5.74) is 8.58. The summed E-state index contributed by atoms with van der Waals surface area (Å²) in [6, 6.07) is 8.74. The Morgan fingerprint density at radius 3 is 2.56 bits per heavy atom. The normalized spacial score (nSPS) is 22.0. The fourth-order valence-electron chi connectivity index (χ4n) is 3.88. The molecule has 2 aliphatic heterocycles. The van der Waals surface area contributed by atoms with Gasteiger partial charge in [0.15, 0.2) is 0 Å². The van der Waals surface area contributed by atoms with E-state index in [1.54, 1.807) is 0 Å². The fourth-order valence-corrected chi connectivity index (χ4v) is 3.88. The molecule has 0 bridgehead atoms. The van der Waals surface area contributed by atoms with E-state index in [-0.39, 0.29) is 5.91 Å². The molecule has 0 radical (unpaired) electrons. The maximum Gasteiger partial charge on any atom is 0.246 e. The van der Waals surface area contributed by atoms with Crippen molar-refractivity contribution in [1.29, 1.82) is 5.26 Å².